The summed E-state index contributed by atoms with van der Waals surface area (Å²) in [5, 5.41) is 4.61. The molecule has 118 valence electrons. The van der Waals surface area contributed by atoms with E-state index in [0.717, 1.165) is 36.3 Å². The Kier molecular flexibility index (Phi) is 4.74. The lowest BCUT2D eigenvalue weighted by molar-refractivity contribution is -0.132. The zero-order chi connectivity index (χ0) is 15.7. The number of aromatic nitrogens is 2. The van der Waals surface area contributed by atoms with Crippen LogP contribution < -0.4 is 0 Å². The summed E-state index contributed by atoms with van der Waals surface area (Å²) in [5.74, 6) is 0.813. The molecule has 0 radical (unpaired) electrons. The van der Waals surface area contributed by atoms with Gasteiger partial charge in [-0.1, -0.05) is 13.8 Å². The van der Waals surface area contributed by atoms with E-state index in [0.29, 0.717) is 18.4 Å². The van der Waals surface area contributed by atoms with E-state index in [4.69, 9.17) is 0 Å². The fraction of sp³-hybridized carbons (Fsp3) is 0.765. The first-order chi connectivity index (χ1) is 9.81. The highest BCUT2D eigenvalue weighted by Crippen LogP contribution is 2.29. The van der Waals surface area contributed by atoms with Crippen molar-refractivity contribution in [3.63, 3.8) is 0 Å². The summed E-state index contributed by atoms with van der Waals surface area (Å²) in [7, 11) is 0. The zero-order valence-electron chi connectivity index (χ0n) is 14.3. The molecule has 4 heteroatoms. The van der Waals surface area contributed by atoms with Crippen LogP contribution in [-0.2, 0) is 17.8 Å². The lowest BCUT2D eigenvalue weighted by Crippen LogP contribution is -2.39. The zero-order valence-corrected chi connectivity index (χ0v) is 14.3. The lowest BCUT2D eigenvalue weighted by Gasteiger charge is -2.26. The predicted octanol–water partition coefficient (Wildman–Crippen LogP) is 3.10. The van der Waals surface area contributed by atoms with E-state index in [9.17, 15) is 4.79 Å². The normalized spacial score (nSPS) is 15.0. The van der Waals surface area contributed by atoms with E-state index in [1.165, 1.54) is 0 Å². The van der Waals surface area contributed by atoms with Crippen molar-refractivity contribution in [3.8, 4) is 0 Å². The Balaban J connectivity index is 2.15. The molecule has 0 aliphatic heterocycles. The molecular weight excluding hydrogens is 262 g/mol. The fourth-order valence-corrected chi connectivity index (χ4v) is 3.02. The molecule has 1 aliphatic rings. The average molecular weight is 291 g/mol. The molecule has 0 unspecified atom stereocenters. The molecule has 1 aromatic heterocycles. The molecular formula is C17H29N3O. The van der Waals surface area contributed by atoms with Gasteiger partial charge in [0.25, 0.3) is 0 Å². The first-order valence-corrected chi connectivity index (χ1v) is 8.15. The fourth-order valence-electron chi connectivity index (χ4n) is 3.02. The van der Waals surface area contributed by atoms with E-state index in [2.05, 4.69) is 49.3 Å². The van der Waals surface area contributed by atoms with Gasteiger partial charge in [0, 0.05) is 29.9 Å². The van der Waals surface area contributed by atoms with Gasteiger partial charge in [-0.15, -0.1) is 0 Å². The maximum atomic E-state index is 12.7. The van der Waals surface area contributed by atoms with Gasteiger partial charge in [0.05, 0.1) is 12.1 Å². The molecule has 2 rings (SSSR count). The topological polar surface area (TPSA) is 38.1 Å². The summed E-state index contributed by atoms with van der Waals surface area (Å²) >= 11 is 0. The SMILES string of the molecule is Cc1nn(CC(C)C)c(C)c1CC(=O)N(C(C)C)C1CC1. The van der Waals surface area contributed by atoms with Crippen LogP contribution in [0.4, 0.5) is 0 Å². The van der Waals surface area contributed by atoms with Gasteiger partial charge in [-0.3, -0.25) is 9.48 Å². The van der Waals surface area contributed by atoms with Crippen LogP contribution in [0.2, 0.25) is 0 Å². The van der Waals surface area contributed by atoms with E-state index in [1.54, 1.807) is 0 Å². The van der Waals surface area contributed by atoms with Crippen LogP contribution in [-0.4, -0.2) is 32.7 Å². The number of amides is 1. The van der Waals surface area contributed by atoms with Crippen LogP contribution in [0, 0.1) is 19.8 Å². The molecule has 1 amide bonds. The molecule has 0 bridgehead atoms. The highest BCUT2D eigenvalue weighted by Gasteiger charge is 2.34. The van der Waals surface area contributed by atoms with Crippen molar-refractivity contribution in [2.75, 3.05) is 0 Å². The third-order valence-electron chi connectivity index (χ3n) is 4.18. The Hall–Kier alpha value is -1.32. The van der Waals surface area contributed by atoms with Gasteiger partial charge < -0.3 is 4.90 Å². The molecule has 21 heavy (non-hydrogen) atoms. The molecule has 0 aromatic carbocycles. The third-order valence-corrected chi connectivity index (χ3v) is 4.18. The van der Waals surface area contributed by atoms with Crippen molar-refractivity contribution in [1.29, 1.82) is 0 Å². The number of hydrogen-bond acceptors (Lipinski definition) is 2. The van der Waals surface area contributed by atoms with Crippen molar-refractivity contribution in [3.05, 3.63) is 17.0 Å². The van der Waals surface area contributed by atoms with Gasteiger partial charge in [-0.25, -0.2) is 0 Å². The second-order valence-electron chi connectivity index (χ2n) is 7.03. The van der Waals surface area contributed by atoms with Gasteiger partial charge in [-0.05, 0) is 46.5 Å². The second-order valence-corrected chi connectivity index (χ2v) is 7.03. The van der Waals surface area contributed by atoms with Crippen molar-refractivity contribution in [2.45, 2.75) is 79.4 Å². The molecule has 1 aromatic rings. The van der Waals surface area contributed by atoms with E-state index in [-0.39, 0.29) is 11.9 Å². The molecule has 0 atom stereocenters. The Labute approximate surface area is 128 Å². The number of rotatable bonds is 6. The van der Waals surface area contributed by atoms with Crippen molar-refractivity contribution in [1.82, 2.24) is 14.7 Å². The summed E-state index contributed by atoms with van der Waals surface area (Å²) < 4.78 is 2.06. The van der Waals surface area contributed by atoms with Crippen LogP contribution in [0.15, 0.2) is 0 Å². The molecule has 1 heterocycles. The lowest BCUT2D eigenvalue weighted by atomic mass is 10.1. The van der Waals surface area contributed by atoms with Crippen LogP contribution in [0.1, 0.15) is 57.5 Å². The summed E-state index contributed by atoms with van der Waals surface area (Å²) in [5.41, 5.74) is 3.27. The average Bonchev–Trinajstić information content (AvgIpc) is 3.13. The number of hydrogen-bond donors (Lipinski definition) is 0. The Bertz CT molecular complexity index is 510. The summed E-state index contributed by atoms with van der Waals surface area (Å²) in [6, 6.07) is 0.764. The van der Waals surface area contributed by atoms with Crippen LogP contribution >= 0.6 is 0 Å². The Morgan fingerprint density at radius 3 is 2.38 bits per heavy atom. The smallest absolute Gasteiger partial charge is 0.227 e. The second kappa shape index (κ2) is 6.20. The summed E-state index contributed by atoms with van der Waals surface area (Å²) in [6.07, 6.45) is 2.81. The number of carbonyl (C=O) groups excluding carboxylic acids is 1. The largest absolute Gasteiger partial charge is 0.337 e. The quantitative estimate of drug-likeness (QED) is 0.808. The highest BCUT2D eigenvalue weighted by molar-refractivity contribution is 5.80. The maximum absolute atomic E-state index is 12.7. The molecule has 1 saturated carbocycles. The number of nitrogens with zero attached hydrogens (tertiary/aromatic N) is 3. The number of carbonyl (C=O) groups is 1. The molecule has 4 nitrogen and oxygen atoms in total. The standard InChI is InChI=1S/C17H29N3O/c1-11(2)10-19-14(6)16(13(5)18-19)9-17(21)20(12(3)4)15-7-8-15/h11-12,15H,7-10H2,1-6H3. The van der Waals surface area contributed by atoms with Crippen LogP contribution in [0.3, 0.4) is 0 Å². The third kappa shape index (κ3) is 3.66. The minimum Gasteiger partial charge on any atom is -0.337 e. The van der Waals surface area contributed by atoms with E-state index < -0.39 is 0 Å². The maximum Gasteiger partial charge on any atom is 0.227 e. The van der Waals surface area contributed by atoms with Gasteiger partial charge in [0.2, 0.25) is 5.91 Å². The predicted molar refractivity (Wildman–Crippen MR) is 85.2 cm³/mol. The first-order valence-electron chi connectivity index (χ1n) is 8.15. The minimum atomic E-state index is 0.253. The van der Waals surface area contributed by atoms with Gasteiger partial charge in [0.1, 0.15) is 0 Å². The van der Waals surface area contributed by atoms with Gasteiger partial charge >= 0.3 is 0 Å². The summed E-state index contributed by atoms with van der Waals surface area (Å²) in [6.45, 7) is 13.6. The Morgan fingerprint density at radius 1 is 1.29 bits per heavy atom. The molecule has 1 aliphatic carbocycles. The molecule has 1 fully saturated rings. The monoisotopic (exact) mass is 291 g/mol. The van der Waals surface area contributed by atoms with E-state index >= 15 is 0 Å². The van der Waals surface area contributed by atoms with Gasteiger partial charge in [-0.2, -0.15) is 5.10 Å². The molecule has 0 saturated heterocycles. The highest BCUT2D eigenvalue weighted by atomic mass is 16.2. The van der Waals surface area contributed by atoms with Crippen molar-refractivity contribution in [2.24, 2.45) is 5.92 Å². The summed E-state index contributed by atoms with van der Waals surface area (Å²) in [4.78, 5) is 14.7. The van der Waals surface area contributed by atoms with Crippen LogP contribution in [0.5, 0.6) is 0 Å². The molecule has 0 N–H and O–H groups in total. The first kappa shape index (κ1) is 16.1. The number of aryl methyl sites for hydroxylation is 1. The van der Waals surface area contributed by atoms with Crippen LogP contribution in [0.25, 0.3) is 0 Å². The minimum absolute atomic E-state index is 0.253. The van der Waals surface area contributed by atoms with Crippen molar-refractivity contribution >= 4 is 5.91 Å². The molecule has 0 spiro atoms. The van der Waals surface area contributed by atoms with Gasteiger partial charge in [0.15, 0.2) is 0 Å². The van der Waals surface area contributed by atoms with Crippen molar-refractivity contribution < 1.29 is 4.79 Å². The Morgan fingerprint density at radius 2 is 1.90 bits per heavy atom. The van der Waals surface area contributed by atoms with E-state index in [1.807, 2.05) is 6.92 Å².